The maximum absolute atomic E-state index is 13.2. The molecule has 3 aromatic rings. The average Bonchev–Trinajstić information content (AvgIpc) is 3.32. The molecule has 198 valence electrons. The van der Waals surface area contributed by atoms with Crippen molar-refractivity contribution in [3.8, 4) is 0 Å². The van der Waals surface area contributed by atoms with Crippen molar-refractivity contribution in [1.82, 2.24) is 30.4 Å². The minimum atomic E-state index is -0.458. The van der Waals surface area contributed by atoms with Gasteiger partial charge in [0.15, 0.2) is 10.8 Å². The Morgan fingerprint density at radius 3 is 2.66 bits per heavy atom. The number of carbonyl (C=O) groups excluding carboxylic acids is 3. The number of benzene rings is 1. The topological polar surface area (TPSA) is 120 Å². The minimum absolute atomic E-state index is 0.00553. The summed E-state index contributed by atoms with van der Waals surface area (Å²) >= 11 is 7.36. The van der Waals surface area contributed by atoms with Crippen LogP contribution in [0.25, 0.3) is 10.8 Å². The predicted octanol–water partition coefficient (Wildman–Crippen LogP) is 3.24. The molecule has 0 bridgehead atoms. The summed E-state index contributed by atoms with van der Waals surface area (Å²) in [5.41, 5.74) is 0.269. The summed E-state index contributed by atoms with van der Waals surface area (Å²) in [7, 11) is 5.35. The van der Waals surface area contributed by atoms with Crippen LogP contribution in [-0.2, 0) is 11.3 Å². The van der Waals surface area contributed by atoms with E-state index in [1.165, 1.54) is 11.3 Å². The van der Waals surface area contributed by atoms with E-state index in [9.17, 15) is 14.4 Å². The molecule has 2 aromatic heterocycles. The van der Waals surface area contributed by atoms with Gasteiger partial charge in [0.05, 0.1) is 23.8 Å². The molecule has 3 amide bonds. The van der Waals surface area contributed by atoms with Crippen molar-refractivity contribution >= 4 is 63.6 Å². The molecule has 38 heavy (non-hydrogen) atoms. The molecule has 1 aliphatic heterocycles. The molecule has 0 unspecified atom stereocenters. The van der Waals surface area contributed by atoms with Gasteiger partial charge in [0.2, 0.25) is 5.91 Å². The second-order valence-electron chi connectivity index (χ2n) is 9.89. The molecule has 2 aliphatic rings. The van der Waals surface area contributed by atoms with Gasteiger partial charge in [0.1, 0.15) is 5.69 Å². The number of thiazole rings is 1. The summed E-state index contributed by atoms with van der Waals surface area (Å²) in [5.74, 6) is -0.382. The molecule has 2 N–H and O–H groups in total. The van der Waals surface area contributed by atoms with Gasteiger partial charge in [-0.3, -0.25) is 19.4 Å². The van der Waals surface area contributed by atoms with E-state index >= 15 is 0 Å². The van der Waals surface area contributed by atoms with Crippen molar-refractivity contribution in [3.63, 3.8) is 0 Å². The Balaban J connectivity index is 1.34. The Morgan fingerprint density at radius 1 is 1.08 bits per heavy atom. The molecule has 0 saturated heterocycles. The predicted molar refractivity (Wildman–Crippen MR) is 147 cm³/mol. The Bertz CT molecular complexity index is 1440. The molecule has 12 heteroatoms. The van der Waals surface area contributed by atoms with Crippen LogP contribution in [0.2, 0.25) is 5.02 Å². The molecule has 0 spiro atoms. The Kier molecular flexibility index (Phi) is 7.31. The van der Waals surface area contributed by atoms with E-state index in [1.807, 2.05) is 18.0 Å². The van der Waals surface area contributed by atoms with Gasteiger partial charge < -0.3 is 20.4 Å². The highest BCUT2D eigenvalue weighted by atomic mass is 35.5. The third-order valence-electron chi connectivity index (χ3n) is 6.83. The zero-order valence-corrected chi connectivity index (χ0v) is 22.8. The van der Waals surface area contributed by atoms with Gasteiger partial charge >= 0.3 is 0 Å². The number of hydrogen-bond donors (Lipinski definition) is 2. The fourth-order valence-corrected chi connectivity index (χ4v) is 6.02. The maximum Gasteiger partial charge on any atom is 0.280 e. The molecule has 3 heterocycles. The van der Waals surface area contributed by atoms with E-state index in [1.54, 1.807) is 49.7 Å². The normalized spacial score (nSPS) is 20.6. The highest BCUT2D eigenvalue weighted by molar-refractivity contribution is 7.14. The van der Waals surface area contributed by atoms with Crippen LogP contribution in [0.4, 0.5) is 5.82 Å². The monoisotopic (exact) mass is 553 g/mol. The number of pyridine rings is 1. The molecule has 10 nitrogen and oxygen atoms in total. The van der Waals surface area contributed by atoms with Gasteiger partial charge in [-0.05, 0) is 42.8 Å². The van der Waals surface area contributed by atoms with Crippen LogP contribution < -0.4 is 10.6 Å². The van der Waals surface area contributed by atoms with Crippen molar-refractivity contribution in [1.29, 1.82) is 0 Å². The Labute approximate surface area is 229 Å². The van der Waals surface area contributed by atoms with Gasteiger partial charge in [0, 0.05) is 49.7 Å². The number of fused-ring (bicyclic) bond motifs is 2. The van der Waals surface area contributed by atoms with Crippen LogP contribution in [0, 0.1) is 5.92 Å². The molecule has 1 fully saturated rings. The first-order chi connectivity index (χ1) is 18.2. The summed E-state index contributed by atoms with van der Waals surface area (Å²) in [5, 5.41) is 8.68. The van der Waals surface area contributed by atoms with Crippen LogP contribution in [0.5, 0.6) is 0 Å². The number of nitrogens with zero attached hydrogens (tertiary/aromatic N) is 5. The fourth-order valence-electron chi connectivity index (χ4n) is 4.87. The van der Waals surface area contributed by atoms with Gasteiger partial charge in [-0.2, -0.15) is 0 Å². The van der Waals surface area contributed by atoms with Crippen LogP contribution in [0.1, 0.15) is 44.4 Å². The second kappa shape index (κ2) is 10.7. The van der Waals surface area contributed by atoms with Gasteiger partial charge in [-0.1, -0.05) is 17.7 Å². The first-order valence-electron chi connectivity index (χ1n) is 12.3. The van der Waals surface area contributed by atoms with E-state index in [-0.39, 0.29) is 35.4 Å². The number of nitrogens with one attached hydrogen (secondary N) is 2. The lowest BCUT2D eigenvalue weighted by atomic mass is 9.81. The zero-order valence-electron chi connectivity index (χ0n) is 21.3. The summed E-state index contributed by atoms with van der Waals surface area (Å²) in [6, 6.07) is 6.28. The van der Waals surface area contributed by atoms with E-state index in [4.69, 9.17) is 11.6 Å². The van der Waals surface area contributed by atoms with Crippen LogP contribution in [0.15, 0.2) is 35.5 Å². The molecule has 1 saturated carbocycles. The third-order valence-corrected chi connectivity index (χ3v) is 8.09. The maximum atomic E-state index is 13.2. The van der Waals surface area contributed by atoms with E-state index in [0.29, 0.717) is 41.7 Å². The van der Waals surface area contributed by atoms with Crippen LogP contribution in [0.3, 0.4) is 0 Å². The molecule has 1 aliphatic carbocycles. The van der Waals surface area contributed by atoms with Crippen molar-refractivity contribution in [2.24, 2.45) is 10.9 Å². The van der Waals surface area contributed by atoms with E-state index in [0.717, 1.165) is 15.6 Å². The summed E-state index contributed by atoms with van der Waals surface area (Å²) in [6.07, 6.45) is 4.84. The van der Waals surface area contributed by atoms with Crippen LogP contribution >= 0.6 is 22.9 Å². The molecular weight excluding hydrogens is 526 g/mol. The summed E-state index contributed by atoms with van der Waals surface area (Å²) < 4.78 is 0. The Morgan fingerprint density at radius 2 is 1.87 bits per heavy atom. The van der Waals surface area contributed by atoms with E-state index < -0.39 is 6.04 Å². The van der Waals surface area contributed by atoms with Crippen molar-refractivity contribution in [2.45, 2.75) is 37.9 Å². The average molecular weight is 554 g/mol. The molecule has 0 radical (unpaired) electrons. The number of halogens is 1. The van der Waals surface area contributed by atoms with Crippen molar-refractivity contribution in [2.75, 3.05) is 21.1 Å². The summed E-state index contributed by atoms with van der Waals surface area (Å²) in [4.78, 5) is 56.6. The molecule has 3 atom stereocenters. The number of hydrogen-bond acceptors (Lipinski definition) is 8. The number of amides is 3. The van der Waals surface area contributed by atoms with E-state index in [2.05, 4.69) is 25.6 Å². The lowest BCUT2D eigenvalue weighted by Crippen LogP contribution is -2.56. The Hall–Kier alpha value is -3.57. The number of carbonyl (C=O) groups is 3. The lowest BCUT2D eigenvalue weighted by molar-refractivity contribution is -0.134. The van der Waals surface area contributed by atoms with Gasteiger partial charge in [-0.15, -0.1) is 11.3 Å². The van der Waals surface area contributed by atoms with Gasteiger partial charge in [0.25, 0.3) is 11.8 Å². The van der Waals surface area contributed by atoms with Crippen LogP contribution in [-0.4, -0.2) is 77.1 Å². The first kappa shape index (κ1) is 26.1. The van der Waals surface area contributed by atoms with Crippen molar-refractivity contribution < 1.29 is 14.4 Å². The quantitative estimate of drug-likeness (QED) is 0.500. The summed E-state index contributed by atoms with van der Waals surface area (Å²) in [6.45, 7) is 0.635. The molecule has 5 rings (SSSR count). The molecular formula is C26H28ClN7O3S. The SMILES string of the molecule is CN1C=Nc2nc(C(=O)N[C@@H]3C[C@@H](C(=O)N(C)C)CC[C@@H]3NC(=O)c3cc4ccc(Cl)cc4cn3)sc2C1. The highest BCUT2D eigenvalue weighted by Gasteiger charge is 2.37. The minimum Gasteiger partial charge on any atom is -0.360 e. The molecule has 1 aromatic carbocycles. The largest absolute Gasteiger partial charge is 0.360 e. The zero-order chi connectivity index (χ0) is 27.0. The lowest BCUT2D eigenvalue weighted by Gasteiger charge is -2.37. The smallest absolute Gasteiger partial charge is 0.280 e. The third kappa shape index (κ3) is 5.48. The number of rotatable bonds is 5. The standard InChI is InChI=1S/C26H28ClN7O3S/c1-33(2)26(37)15-5-7-18(30-23(35)20-9-14-4-6-17(27)8-16(14)11-28-20)19(10-15)31-24(36)25-32-22-21(38-25)12-34(3)13-29-22/h4,6,8-9,11,13,15,18-19H,5,7,10,12H2,1-3H3,(H,30,35)(H,31,36)/t15-,18-,19+/m0/s1. The first-order valence-corrected chi connectivity index (χ1v) is 13.5. The number of aromatic nitrogens is 2. The number of aliphatic imine (C=N–C) groups is 1. The van der Waals surface area contributed by atoms with Gasteiger partial charge in [-0.25, -0.2) is 9.98 Å². The van der Waals surface area contributed by atoms with Crippen molar-refractivity contribution in [3.05, 3.63) is 51.1 Å². The fraction of sp³-hybridized carbons (Fsp3) is 0.385. The second-order valence-corrected chi connectivity index (χ2v) is 11.4. The highest BCUT2D eigenvalue weighted by Crippen LogP contribution is 2.31.